The third kappa shape index (κ3) is 1.77. The maximum Gasteiger partial charge on any atom is 0.377 e. The van der Waals surface area contributed by atoms with Crippen molar-refractivity contribution in [1.29, 1.82) is 0 Å². The van der Waals surface area contributed by atoms with Crippen LogP contribution >= 0.6 is 0 Å². The first kappa shape index (κ1) is 10.3. The Hall–Kier alpha value is -2.24. The lowest BCUT2D eigenvalue weighted by Crippen LogP contribution is -1.98. The first-order valence-electron chi connectivity index (χ1n) is 4.41. The van der Waals surface area contributed by atoms with Crippen molar-refractivity contribution < 1.29 is 18.8 Å². The third-order valence-electron chi connectivity index (χ3n) is 2.05. The van der Waals surface area contributed by atoms with Crippen molar-refractivity contribution in [3.8, 4) is 11.5 Å². The molecule has 16 heavy (non-hydrogen) atoms. The molecule has 1 N–H and O–H groups in total. The fourth-order valence-electron chi connectivity index (χ4n) is 1.24. The van der Waals surface area contributed by atoms with Crippen LogP contribution in [0.25, 0.3) is 11.5 Å². The molecule has 0 bridgehead atoms. The summed E-state index contributed by atoms with van der Waals surface area (Å²) in [5, 5.41) is 11.9. The Morgan fingerprint density at radius 3 is 2.88 bits per heavy atom. The molecule has 6 heteroatoms. The molecule has 0 atom stereocenters. The van der Waals surface area contributed by atoms with E-state index < -0.39 is 17.6 Å². The van der Waals surface area contributed by atoms with Crippen molar-refractivity contribution in [2.24, 2.45) is 0 Å². The van der Waals surface area contributed by atoms with Crippen LogP contribution in [0.2, 0.25) is 0 Å². The van der Waals surface area contributed by atoms with E-state index in [1.165, 1.54) is 12.1 Å². The lowest BCUT2D eigenvalue weighted by molar-refractivity contribution is 0.0680. The molecule has 5 nitrogen and oxygen atoms in total. The van der Waals surface area contributed by atoms with Gasteiger partial charge in [-0.1, -0.05) is 6.07 Å². The van der Waals surface area contributed by atoms with Crippen LogP contribution in [0.15, 0.2) is 22.7 Å². The van der Waals surface area contributed by atoms with Gasteiger partial charge in [-0.25, -0.2) is 9.18 Å². The average molecular weight is 222 g/mol. The van der Waals surface area contributed by atoms with Crippen LogP contribution < -0.4 is 0 Å². The molecule has 82 valence electrons. The zero-order chi connectivity index (χ0) is 11.7. The summed E-state index contributed by atoms with van der Waals surface area (Å²) in [6, 6.07) is 4.07. The molecule has 0 unspecified atom stereocenters. The topological polar surface area (TPSA) is 76.2 Å². The highest BCUT2D eigenvalue weighted by Crippen LogP contribution is 2.22. The smallest absolute Gasteiger partial charge is 0.377 e. The van der Waals surface area contributed by atoms with Crippen LogP contribution in [-0.2, 0) is 0 Å². The number of nitrogens with zero attached hydrogens (tertiary/aromatic N) is 2. The summed E-state index contributed by atoms with van der Waals surface area (Å²) >= 11 is 0. The zero-order valence-corrected chi connectivity index (χ0v) is 8.27. The SMILES string of the molecule is Cc1ccc(F)cc1-c1nc(C(=O)O)no1. The Balaban J connectivity index is 2.50. The van der Waals surface area contributed by atoms with E-state index in [-0.39, 0.29) is 5.89 Å². The van der Waals surface area contributed by atoms with Crippen molar-refractivity contribution in [3.63, 3.8) is 0 Å². The standard InChI is InChI=1S/C10H7FN2O3/c1-5-2-3-6(11)4-7(5)9-12-8(10(14)15)13-16-9/h2-4H,1H3,(H,14,15). The highest BCUT2D eigenvalue weighted by atomic mass is 19.1. The molecule has 1 aromatic heterocycles. The molecule has 0 aliphatic rings. The number of aryl methyl sites for hydroxylation is 1. The average Bonchev–Trinajstić information content (AvgIpc) is 2.70. The molecule has 2 aromatic rings. The maximum atomic E-state index is 13.0. The van der Waals surface area contributed by atoms with E-state index >= 15 is 0 Å². The summed E-state index contributed by atoms with van der Waals surface area (Å²) in [6.07, 6.45) is 0. The van der Waals surface area contributed by atoms with Crippen molar-refractivity contribution in [3.05, 3.63) is 35.4 Å². The molecular formula is C10H7FN2O3. The molecular weight excluding hydrogens is 215 g/mol. The van der Waals surface area contributed by atoms with Crippen molar-refractivity contribution in [2.45, 2.75) is 6.92 Å². The summed E-state index contributed by atoms with van der Waals surface area (Å²) in [7, 11) is 0. The van der Waals surface area contributed by atoms with Crippen LogP contribution in [0.3, 0.4) is 0 Å². The van der Waals surface area contributed by atoms with Crippen LogP contribution in [0.5, 0.6) is 0 Å². The number of aromatic carboxylic acids is 1. The molecule has 0 radical (unpaired) electrons. The normalized spacial score (nSPS) is 10.4. The number of hydrogen-bond acceptors (Lipinski definition) is 4. The quantitative estimate of drug-likeness (QED) is 0.839. The van der Waals surface area contributed by atoms with Gasteiger partial charge in [0.1, 0.15) is 5.82 Å². The molecule has 0 saturated heterocycles. The summed E-state index contributed by atoms with van der Waals surface area (Å²) in [5.41, 5.74) is 1.11. The van der Waals surface area contributed by atoms with Gasteiger partial charge in [0.2, 0.25) is 0 Å². The van der Waals surface area contributed by atoms with Crippen LogP contribution in [0.4, 0.5) is 4.39 Å². The number of carboxylic acid groups (broad SMARTS) is 1. The number of rotatable bonds is 2. The number of benzene rings is 1. The van der Waals surface area contributed by atoms with Gasteiger partial charge in [0.15, 0.2) is 0 Å². The number of hydrogen-bond donors (Lipinski definition) is 1. The first-order valence-corrected chi connectivity index (χ1v) is 4.41. The maximum absolute atomic E-state index is 13.0. The van der Waals surface area contributed by atoms with Gasteiger partial charge in [-0.3, -0.25) is 0 Å². The molecule has 0 fully saturated rings. The summed E-state index contributed by atoms with van der Waals surface area (Å²) in [4.78, 5) is 14.2. The second-order valence-electron chi connectivity index (χ2n) is 3.19. The zero-order valence-electron chi connectivity index (χ0n) is 8.27. The summed E-state index contributed by atoms with van der Waals surface area (Å²) in [6.45, 7) is 1.74. The van der Waals surface area contributed by atoms with E-state index in [9.17, 15) is 9.18 Å². The van der Waals surface area contributed by atoms with Gasteiger partial charge in [-0.2, -0.15) is 4.98 Å². The first-order chi connectivity index (χ1) is 7.58. The highest BCUT2D eigenvalue weighted by molar-refractivity contribution is 5.83. The molecule has 0 amide bonds. The van der Waals surface area contributed by atoms with Crippen LogP contribution in [0, 0.1) is 12.7 Å². The number of halogens is 1. The molecule has 2 rings (SSSR count). The largest absolute Gasteiger partial charge is 0.475 e. The lowest BCUT2D eigenvalue weighted by Gasteiger charge is -1.99. The second kappa shape index (κ2) is 3.73. The predicted molar refractivity (Wildman–Crippen MR) is 51.4 cm³/mol. The van der Waals surface area contributed by atoms with Crippen molar-refractivity contribution in [2.75, 3.05) is 0 Å². The second-order valence-corrected chi connectivity index (χ2v) is 3.19. The molecule has 0 saturated carbocycles. The Kier molecular flexibility index (Phi) is 2.40. The fourth-order valence-corrected chi connectivity index (χ4v) is 1.24. The minimum Gasteiger partial charge on any atom is -0.475 e. The van der Waals surface area contributed by atoms with E-state index in [1.807, 2.05) is 0 Å². The van der Waals surface area contributed by atoms with Gasteiger partial charge < -0.3 is 9.63 Å². The van der Waals surface area contributed by atoms with Gasteiger partial charge in [0.25, 0.3) is 11.7 Å². The monoisotopic (exact) mass is 222 g/mol. The van der Waals surface area contributed by atoms with Gasteiger partial charge in [0, 0.05) is 5.56 Å². The van der Waals surface area contributed by atoms with Gasteiger partial charge in [-0.15, -0.1) is 0 Å². The fraction of sp³-hybridized carbons (Fsp3) is 0.100. The molecule has 0 aliphatic carbocycles. The number of carbonyl (C=O) groups is 1. The van der Waals surface area contributed by atoms with Crippen LogP contribution in [-0.4, -0.2) is 21.2 Å². The highest BCUT2D eigenvalue weighted by Gasteiger charge is 2.15. The van der Waals surface area contributed by atoms with Gasteiger partial charge >= 0.3 is 5.97 Å². The van der Waals surface area contributed by atoms with E-state index in [4.69, 9.17) is 9.63 Å². The minimum atomic E-state index is -1.29. The molecule has 1 heterocycles. The van der Waals surface area contributed by atoms with Crippen molar-refractivity contribution >= 4 is 5.97 Å². The molecule has 0 spiro atoms. The molecule has 0 aliphatic heterocycles. The van der Waals surface area contributed by atoms with Crippen molar-refractivity contribution in [1.82, 2.24) is 10.1 Å². The predicted octanol–water partition coefficient (Wildman–Crippen LogP) is 1.88. The number of aromatic nitrogens is 2. The van der Waals surface area contributed by atoms with Gasteiger partial charge in [0.05, 0.1) is 0 Å². The summed E-state index contributed by atoms with van der Waals surface area (Å²) < 4.78 is 17.7. The summed E-state index contributed by atoms with van der Waals surface area (Å²) in [5.74, 6) is -2.19. The Morgan fingerprint density at radius 1 is 1.50 bits per heavy atom. The van der Waals surface area contributed by atoms with E-state index in [0.717, 1.165) is 5.56 Å². The van der Waals surface area contributed by atoms with E-state index in [0.29, 0.717) is 5.56 Å². The Morgan fingerprint density at radius 2 is 2.25 bits per heavy atom. The molecule has 1 aromatic carbocycles. The third-order valence-corrected chi connectivity index (χ3v) is 2.05. The number of carboxylic acids is 1. The van der Waals surface area contributed by atoms with Gasteiger partial charge in [-0.05, 0) is 29.8 Å². The lowest BCUT2D eigenvalue weighted by atomic mass is 10.1. The minimum absolute atomic E-state index is 0.00519. The van der Waals surface area contributed by atoms with E-state index in [2.05, 4.69) is 10.1 Å². The van der Waals surface area contributed by atoms with E-state index in [1.54, 1.807) is 13.0 Å². The van der Waals surface area contributed by atoms with Crippen LogP contribution in [0.1, 0.15) is 16.2 Å². The Labute approximate surface area is 89.5 Å². The Bertz CT molecular complexity index is 551.